The Morgan fingerprint density at radius 3 is 2.27 bits per heavy atom. The highest BCUT2D eigenvalue weighted by molar-refractivity contribution is 7.86. The van der Waals surface area contributed by atoms with E-state index in [1.54, 1.807) is 13.1 Å². The van der Waals surface area contributed by atoms with Gasteiger partial charge in [-0.1, -0.05) is 25.4 Å². The summed E-state index contributed by atoms with van der Waals surface area (Å²) in [6.07, 6.45) is 0. The van der Waals surface area contributed by atoms with Crippen LogP contribution in [0.1, 0.15) is 13.8 Å². The molecule has 0 heterocycles. The summed E-state index contributed by atoms with van der Waals surface area (Å²) in [5.41, 5.74) is 0.567. The van der Waals surface area contributed by atoms with E-state index in [1.807, 2.05) is 13.8 Å². The van der Waals surface area contributed by atoms with Gasteiger partial charge in [-0.25, -0.2) is 0 Å². The van der Waals surface area contributed by atoms with Gasteiger partial charge in [0.1, 0.15) is 4.90 Å². The number of halogens is 1. The smallest absolute Gasteiger partial charge is 0.296 e. The molecule has 0 aliphatic rings. The summed E-state index contributed by atoms with van der Waals surface area (Å²) in [4.78, 5) is -0.291. The molecule has 1 aromatic rings. The maximum Gasteiger partial charge on any atom is 0.296 e. The van der Waals surface area contributed by atoms with Crippen LogP contribution in [0, 0.1) is 0 Å². The molecule has 0 bridgehead atoms. The molecule has 0 amide bonds. The van der Waals surface area contributed by atoms with Crippen molar-refractivity contribution in [1.29, 1.82) is 0 Å². The van der Waals surface area contributed by atoms with Gasteiger partial charge < -0.3 is 5.32 Å². The van der Waals surface area contributed by atoms with Crippen molar-refractivity contribution < 1.29 is 13.0 Å². The van der Waals surface area contributed by atoms with Crippen LogP contribution in [0.25, 0.3) is 0 Å². The summed E-state index contributed by atoms with van der Waals surface area (Å²) < 4.78 is 30.3. The van der Waals surface area contributed by atoms with E-state index in [9.17, 15) is 8.42 Å². The van der Waals surface area contributed by atoms with Gasteiger partial charge in [0.15, 0.2) is 0 Å². The second-order valence-electron chi connectivity index (χ2n) is 2.37. The Balaban J connectivity index is 0.000000921. The molecule has 86 valence electrons. The summed E-state index contributed by atoms with van der Waals surface area (Å²) in [6, 6.07) is 4.27. The predicted octanol–water partition coefficient (Wildman–Crippen LogP) is 2.65. The van der Waals surface area contributed by atoms with Gasteiger partial charge in [0.05, 0.1) is 5.02 Å². The van der Waals surface area contributed by atoms with Crippen LogP contribution < -0.4 is 5.32 Å². The van der Waals surface area contributed by atoms with Crippen molar-refractivity contribution in [2.24, 2.45) is 0 Å². The van der Waals surface area contributed by atoms with Crippen molar-refractivity contribution in [2.75, 3.05) is 12.4 Å². The predicted molar refractivity (Wildman–Crippen MR) is 62.2 cm³/mol. The van der Waals surface area contributed by atoms with E-state index >= 15 is 0 Å². The number of anilines is 1. The molecule has 0 unspecified atom stereocenters. The molecule has 1 aromatic carbocycles. The molecule has 2 N–H and O–H groups in total. The average molecular weight is 252 g/mol. The number of hydrogen-bond acceptors (Lipinski definition) is 3. The van der Waals surface area contributed by atoms with Crippen LogP contribution in [0.5, 0.6) is 0 Å². The van der Waals surface area contributed by atoms with E-state index in [1.165, 1.54) is 12.1 Å². The first-order valence-electron chi connectivity index (χ1n) is 4.40. The monoisotopic (exact) mass is 251 g/mol. The molecular weight excluding hydrogens is 238 g/mol. The fraction of sp³-hybridized carbons (Fsp3) is 0.333. The van der Waals surface area contributed by atoms with Gasteiger partial charge in [0, 0.05) is 12.7 Å². The molecule has 0 saturated carbocycles. The average Bonchev–Trinajstić information content (AvgIpc) is 2.20. The first-order chi connectivity index (χ1) is 6.95. The molecule has 1 rings (SSSR count). The summed E-state index contributed by atoms with van der Waals surface area (Å²) in [6.45, 7) is 4.00. The quantitative estimate of drug-likeness (QED) is 0.793. The molecule has 0 aliphatic heterocycles. The van der Waals surface area contributed by atoms with E-state index in [0.717, 1.165) is 0 Å². The van der Waals surface area contributed by atoms with Crippen molar-refractivity contribution in [3.8, 4) is 0 Å². The molecular formula is C9H14ClNO3S. The molecule has 0 aromatic heterocycles. The SMILES string of the molecule is CC.CNc1ccc(Cl)c(S(=O)(=O)O)c1. The molecule has 6 heteroatoms. The first kappa shape index (κ1) is 14.2. The lowest BCUT2D eigenvalue weighted by atomic mass is 10.3. The zero-order valence-corrected chi connectivity index (χ0v) is 10.4. The number of rotatable bonds is 2. The number of hydrogen-bond donors (Lipinski definition) is 2. The van der Waals surface area contributed by atoms with E-state index in [2.05, 4.69) is 5.32 Å². The highest BCUT2D eigenvalue weighted by Gasteiger charge is 2.14. The lowest BCUT2D eigenvalue weighted by Crippen LogP contribution is -2.00. The van der Waals surface area contributed by atoms with Gasteiger partial charge in [-0.15, -0.1) is 0 Å². The van der Waals surface area contributed by atoms with Crippen molar-refractivity contribution in [1.82, 2.24) is 0 Å². The Kier molecular flexibility index (Phi) is 5.64. The normalized spacial score (nSPS) is 10.2. The van der Waals surface area contributed by atoms with Crippen LogP contribution in [0.15, 0.2) is 23.1 Å². The van der Waals surface area contributed by atoms with E-state index in [4.69, 9.17) is 16.2 Å². The first-order valence-corrected chi connectivity index (χ1v) is 6.22. The van der Waals surface area contributed by atoms with Gasteiger partial charge in [0.25, 0.3) is 10.1 Å². The molecule has 0 fully saturated rings. The summed E-state index contributed by atoms with van der Waals surface area (Å²) in [5, 5.41) is 2.73. The van der Waals surface area contributed by atoms with Crippen LogP contribution in [0.4, 0.5) is 5.69 Å². The van der Waals surface area contributed by atoms with Gasteiger partial charge in [-0.3, -0.25) is 4.55 Å². The topological polar surface area (TPSA) is 66.4 Å². The third kappa shape index (κ3) is 4.07. The second kappa shape index (κ2) is 5.95. The summed E-state index contributed by atoms with van der Waals surface area (Å²) >= 11 is 5.57. The minimum atomic E-state index is -4.24. The highest BCUT2D eigenvalue weighted by atomic mass is 35.5. The Labute approximate surface area is 95.0 Å². The number of benzene rings is 1. The van der Waals surface area contributed by atoms with E-state index in [-0.39, 0.29) is 9.92 Å². The summed E-state index contributed by atoms with van der Waals surface area (Å²) in [5.74, 6) is 0. The van der Waals surface area contributed by atoms with Crippen LogP contribution in [0.3, 0.4) is 0 Å². The third-order valence-electron chi connectivity index (χ3n) is 1.50. The molecule has 0 spiro atoms. The lowest BCUT2D eigenvalue weighted by molar-refractivity contribution is 0.483. The van der Waals surface area contributed by atoms with Gasteiger partial charge in [-0.05, 0) is 18.2 Å². The van der Waals surface area contributed by atoms with Crippen LogP contribution in [0.2, 0.25) is 5.02 Å². The Hall–Kier alpha value is -0.780. The molecule has 0 atom stereocenters. The van der Waals surface area contributed by atoms with Crippen LogP contribution in [-0.4, -0.2) is 20.0 Å². The molecule has 0 aliphatic carbocycles. The molecule has 0 radical (unpaired) electrons. The van der Waals surface area contributed by atoms with Crippen LogP contribution >= 0.6 is 11.6 Å². The zero-order chi connectivity index (χ0) is 12.1. The Bertz CT molecular complexity index is 417. The second-order valence-corrected chi connectivity index (χ2v) is 4.17. The van der Waals surface area contributed by atoms with E-state index < -0.39 is 10.1 Å². The number of nitrogens with one attached hydrogen (secondary N) is 1. The molecule has 4 nitrogen and oxygen atoms in total. The van der Waals surface area contributed by atoms with Crippen LogP contribution in [-0.2, 0) is 10.1 Å². The fourth-order valence-corrected chi connectivity index (χ4v) is 1.86. The maximum atomic E-state index is 10.8. The van der Waals surface area contributed by atoms with Crippen molar-refractivity contribution in [3.05, 3.63) is 23.2 Å². The molecule has 0 saturated heterocycles. The maximum absolute atomic E-state index is 10.8. The van der Waals surface area contributed by atoms with Gasteiger partial charge >= 0.3 is 0 Å². The van der Waals surface area contributed by atoms with Crippen molar-refractivity contribution in [2.45, 2.75) is 18.7 Å². The lowest BCUT2D eigenvalue weighted by Gasteiger charge is -2.03. The van der Waals surface area contributed by atoms with Crippen molar-refractivity contribution >= 4 is 27.4 Å². The van der Waals surface area contributed by atoms with Gasteiger partial charge in [0.2, 0.25) is 0 Å². The highest BCUT2D eigenvalue weighted by Crippen LogP contribution is 2.24. The minimum Gasteiger partial charge on any atom is -0.388 e. The van der Waals surface area contributed by atoms with Crippen molar-refractivity contribution in [3.63, 3.8) is 0 Å². The largest absolute Gasteiger partial charge is 0.388 e. The van der Waals surface area contributed by atoms with Gasteiger partial charge in [-0.2, -0.15) is 8.42 Å². The third-order valence-corrected chi connectivity index (χ3v) is 2.83. The summed E-state index contributed by atoms with van der Waals surface area (Å²) in [7, 11) is -2.60. The Morgan fingerprint density at radius 2 is 1.87 bits per heavy atom. The Morgan fingerprint density at radius 1 is 1.33 bits per heavy atom. The molecule has 15 heavy (non-hydrogen) atoms. The zero-order valence-electron chi connectivity index (χ0n) is 8.78. The van der Waals surface area contributed by atoms with E-state index in [0.29, 0.717) is 5.69 Å². The fourth-order valence-electron chi connectivity index (χ4n) is 0.857. The standard InChI is InChI=1S/C7H8ClNO3S.C2H6/c1-9-5-2-3-6(8)7(4-5)13(10,11)12;1-2/h2-4,9H,1H3,(H,10,11,12);1-2H3. The minimum absolute atomic E-state index is 0.00139.